The van der Waals surface area contributed by atoms with Gasteiger partial charge in [0.05, 0.1) is 6.10 Å². The molecule has 0 aliphatic heterocycles. The van der Waals surface area contributed by atoms with Crippen molar-refractivity contribution >= 4 is 0 Å². The fourth-order valence-electron chi connectivity index (χ4n) is 1.74. The second kappa shape index (κ2) is 6.74. The second-order valence-electron chi connectivity index (χ2n) is 5.00. The molecule has 3 heteroatoms. The highest BCUT2D eigenvalue weighted by atomic mass is 16.3. The van der Waals surface area contributed by atoms with Gasteiger partial charge in [0.15, 0.2) is 0 Å². The Morgan fingerprint density at radius 2 is 1.88 bits per heavy atom. The van der Waals surface area contributed by atoms with Gasteiger partial charge in [0.1, 0.15) is 0 Å². The molecule has 0 amide bonds. The number of aliphatic hydroxyl groups is 1. The summed E-state index contributed by atoms with van der Waals surface area (Å²) in [6.45, 7) is 4.70. The molecule has 17 heavy (non-hydrogen) atoms. The third kappa shape index (κ3) is 5.31. The predicted molar refractivity (Wildman–Crippen MR) is 72.2 cm³/mol. The topological polar surface area (TPSA) is 26.7 Å². The number of nitrogens with zero attached hydrogens (tertiary/aromatic N) is 2. The Bertz CT molecular complexity index is 339. The van der Waals surface area contributed by atoms with E-state index in [2.05, 4.69) is 23.9 Å². The summed E-state index contributed by atoms with van der Waals surface area (Å²) in [6.07, 6.45) is -0.401. The highest BCUT2D eigenvalue weighted by Gasteiger charge is 2.10. The summed E-state index contributed by atoms with van der Waals surface area (Å²) >= 11 is 0. The summed E-state index contributed by atoms with van der Waals surface area (Å²) in [5, 5.41) is 10.1. The Morgan fingerprint density at radius 3 is 2.47 bits per heavy atom. The normalized spacial score (nSPS) is 13.4. The lowest BCUT2D eigenvalue weighted by Gasteiger charge is -2.22. The van der Waals surface area contributed by atoms with E-state index in [1.165, 1.54) is 5.56 Å². The van der Waals surface area contributed by atoms with Crippen LogP contribution < -0.4 is 0 Å². The first-order chi connectivity index (χ1) is 7.99. The third-order valence-electron chi connectivity index (χ3n) is 2.84. The number of aryl methyl sites for hydroxylation is 1. The highest BCUT2D eigenvalue weighted by Crippen LogP contribution is 2.14. The van der Waals surface area contributed by atoms with Gasteiger partial charge >= 0.3 is 0 Å². The minimum atomic E-state index is -0.401. The van der Waals surface area contributed by atoms with Gasteiger partial charge in [-0.2, -0.15) is 0 Å². The van der Waals surface area contributed by atoms with Gasteiger partial charge in [-0.25, -0.2) is 0 Å². The standard InChI is InChI=1S/C14H24N2O/c1-12-6-5-7-13(10-12)14(17)11-16(4)9-8-15(2)3/h5-7,10,14,17H,8-9,11H2,1-4H3. The molecule has 0 saturated heterocycles. The molecule has 0 bridgehead atoms. The van der Waals surface area contributed by atoms with Crippen molar-refractivity contribution in [2.24, 2.45) is 0 Å². The van der Waals surface area contributed by atoms with E-state index in [9.17, 15) is 5.11 Å². The lowest BCUT2D eigenvalue weighted by atomic mass is 10.1. The molecule has 1 atom stereocenters. The maximum absolute atomic E-state index is 10.1. The van der Waals surface area contributed by atoms with Crippen LogP contribution in [0.3, 0.4) is 0 Å². The third-order valence-corrected chi connectivity index (χ3v) is 2.84. The molecular weight excluding hydrogens is 212 g/mol. The molecule has 0 aliphatic carbocycles. The second-order valence-corrected chi connectivity index (χ2v) is 5.00. The van der Waals surface area contributed by atoms with Gasteiger partial charge in [-0.1, -0.05) is 29.8 Å². The van der Waals surface area contributed by atoms with Crippen molar-refractivity contribution in [2.75, 3.05) is 40.8 Å². The Labute approximate surface area is 105 Å². The first kappa shape index (κ1) is 14.2. The predicted octanol–water partition coefficient (Wildman–Crippen LogP) is 1.52. The zero-order chi connectivity index (χ0) is 12.8. The summed E-state index contributed by atoms with van der Waals surface area (Å²) in [5.41, 5.74) is 2.19. The molecule has 0 fully saturated rings. The molecule has 0 aliphatic rings. The number of likely N-dealkylation sites (N-methyl/N-ethyl adjacent to an activating group) is 2. The molecule has 1 rings (SSSR count). The molecular formula is C14H24N2O. The average Bonchev–Trinajstić information content (AvgIpc) is 2.26. The van der Waals surface area contributed by atoms with Crippen molar-refractivity contribution < 1.29 is 5.11 Å². The van der Waals surface area contributed by atoms with E-state index < -0.39 is 6.10 Å². The summed E-state index contributed by atoms with van der Waals surface area (Å²) in [5.74, 6) is 0. The minimum absolute atomic E-state index is 0.401. The van der Waals surface area contributed by atoms with E-state index in [0.717, 1.165) is 18.7 Å². The van der Waals surface area contributed by atoms with Crippen molar-refractivity contribution in [3.8, 4) is 0 Å². The minimum Gasteiger partial charge on any atom is -0.387 e. The van der Waals surface area contributed by atoms with E-state index >= 15 is 0 Å². The van der Waals surface area contributed by atoms with Crippen LogP contribution in [0.5, 0.6) is 0 Å². The van der Waals surface area contributed by atoms with Gasteiger partial charge in [-0.05, 0) is 33.6 Å². The monoisotopic (exact) mass is 236 g/mol. The van der Waals surface area contributed by atoms with Crippen molar-refractivity contribution in [3.63, 3.8) is 0 Å². The van der Waals surface area contributed by atoms with Crippen molar-refractivity contribution in [1.82, 2.24) is 9.80 Å². The van der Waals surface area contributed by atoms with Crippen LogP contribution in [0.15, 0.2) is 24.3 Å². The SMILES string of the molecule is Cc1cccc(C(O)CN(C)CCN(C)C)c1. The summed E-state index contributed by atoms with van der Waals surface area (Å²) in [4.78, 5) is 4.31. The molecule has 0 aromatic heterocycles. The van der Waals surface area contributed by atoms with Crippen LogP contribution in [0.1, 0.15) is 17.2 Å². The van der Waals surface area contributed by atoms with Gasteiger partial charge in [0.25, 0.3) is 0 Å². The van der Waals surface area contributed by atoms with Crippen molar-refractivity contribution in [3.05, 3.63) is 35.4 Å². The Hall–Kier alpha value is -0.900. The van der Waals surface area contributed by atoms with Crippen LogP contribution in [-0.4, -0.2) is 55.7 Å². The lowest BCUT2D eigenvalue weighted by Crippen LogP contribution is -2.31. The Kier molecular flexibility index (Phi) is 5.62. The van der Waals surface area contributed by atoms with Crippen molar-refractivity contribution in [1.29, 1.82) is 0 Å². The molecule has 1 aromatic carbocycles. The van der Waals surface area contributed by atoms with Gasteiger partial charge in [0.2, 0.25) is 0 Å². The lowest BCUT2D eigenvalue weighted by molar-refractivity contribution is 0.123. The van der Waals surface area contributed by atoms with Crippen molar-refractivity contribution in [2.45, 2.75) is 13.0 Å². The van der Waals surface area contributed by atoms with Crippen LogP contribution in [0, 0.1) is 6.92 Å². The van der Waals surface area contributed by atoms with Gasteiger partial charge < -0.3 is 14.9 Å². The maximum atomic E-state index is 10.1. The first-order valence-corrected chi connectivity index (χ1v) is 6.07. The smallest absolute Gasteiger partial charge is 0.0916 e. The molecule has 0 heterocycles. The fourth-order valence-corrected chi connectivity index (χ4v) is 1.74. The number of benzene rings is 1. The van der Waals surface area contributed by atoms with Crippen LogP contribution in [-0.2, 0) is 0 Å². The molecule has 0 spiro atoms. The number of rotatable bonds is 6. The first-order valence-electron chi connectivity index (χ1n) is 6.07. The molecule has 3 nitrogen and oxygen atoms in total. The molecule has 1 aromatic rings. The number of hydrogen-bond donors (Lipinski definition) is 1. The van der Waals surface area contributed by atoms with E-state index in [1.54, 1.807) is 0 Å². The molecule has 96 valence electrons. The van der Waals surface area contributed by atoms with Crippen LogP contribution in [0.2, 0.25) is 0 Å². The van der Waals surface area contributed by atoms with Crippen LogP contribution in [0.4, 0.5) is 0 Å². The zero-order valence-corrected chi connectivity index (χ0v) is 11.3. The summed E-state index contributed by atoms with van der Waals surface area (Å²) < 4.78 is 0. The van der Waals surface area contributed by atoms with Gasteiger partial charge in [0, 0.05) is 19.6 Å². The van der Waals surface area contributed by atoms with E-state index in [-0.39, 0.29) is 0 Å². The Morgan fingerprint density at radius 1 is 1.18 bits per heavy atom. The zero-order valence-electron chi connectivity index (χ0n) is 11.3. The number of hydrogen-bond acceptors (Lipinski definition) is 3. The average molecular weight is 236 g/mol. The van der Waals surface area contributed by atoms with E-state index in [0.29, 0.717) is 6.54 Å². The van der Waals surface area contributed by atoms with Gasteiger partial charge in [-0.3, -0.25) is 0 Å². The molecule has 1 N–H and O–H groups in total. The summed E-state index contributed by atoms with van der Waals surface area (Å²) in [7, 11) is 6.16. The van der Waals surface area contributed by atoms with Crippen LogP contribution >= 0.6 is 0 Å². The highest BCUT2D eigenvalue weighted by molar-refractivity contribution is 5.24. The van der Waals surface area contributed by atoms with Gasteiger partial charge in [-0.15, -0.1) is 0 Å². The molecule has 0 saturated carbocycles. The molecule has 1 unspecified atom stereocenters. The fraction of sp³-hybridized carbons (Fsp3) is 0.571. The van der Waals surface area contributed by atoms with Crippen LogP contribution in [0.25, 0.3) is 0 Å². The number of aliphatic hydroxyl groups excluding tert-OH is 1. The van der Waals surface area contributed by atoms with E-state index in [1.807, 2.05) is 38.2 Å². The maximum Gasteiger partial charge on any atom is 0.0916 e. The Balaban J connectivity index is 2.45. The van der Waals surface area contributed by atoms with E-state index in [4.69, 9.17) is 0 Å². The quantitative estimate of drug-likeness (QED) is 0.811. The largest absolute Gasteiger partial charge is 0.387 e. The summed E-state index contributed by atoms with van der Waals surface area (Å²) in [6, 6.07) is 8.07. The molecule has 0 radical (unpaired) electrons.